The highest BCUT2D eigenvalue weighted by Crippen LogP contribution is 2.22. The zero-order valence-corrected chi connectivity index (χ0v) is 9.59. The summed E-state index contributed by atoms with van der Waals surface area (Å²) in [4.78, 5) is 0. The number of hydrogen-bond donors (Lipinski definition) is 1. The monoisotopic (exact) mass is 221 g/mol. The lowest BCUT2D eigenvalue weighted by molar-refractivity contribution is 0.537. The standard InChI is InChI=1S/C13H16FNO/c1-3-11(15-2)7-9-6-10-4-5-16-13(10)12(14)8-9/h4-6,8,11,15H,3,7H2,1-2H3/t11-/m0/s1. The van der Waals surface area contributed by atoms with Crippen molar-refractivity contribution in [2.45, 2.75) is 25.8 Å². The van der Waals surface area contributed by atoms with Gasteiger partial charge in [-0.25, -0.2) is 4.39 Å². The normalized spacial score (nSPS) is 13.2. The van der Waals surface area contributed by atoms with Crippen LogP contribution in [0, 0.1) is 5.82 Å². The summed E-state index contributed by atoms with van der Waals surface area (Å²) in [6.07, 6.45) is 3.39. The summed E-state index contributed by atoms with van der Waals surface area (Å²) >= 11 is 0. The summed E-state index contributed by atoms with van der Waals surface area (Å²) in [6.45, 7) is 2.12. The number of furan rings is 1. The van der Waals surface area contributed by atoms with Crippen molar-refractivity contribution in [1.29, 1.82) is 0 Å². The Morgan fingerprint density at radius 1 is 1.44 bits per heavy atom. The second-order valence-corrected chi connectivity index (χ2v) is 4.01. The number of rotatable bonds is 4. The number of fused-ring (bicyclic) bond motifs is 1. The van der Waals surface area contributed by atoms with Gasteiger partial charge in [0, 0.05) is 11.4 Å². The van der Waals surface area contributed by atoms with E-state index in [1.165, 1.54) is 6.26 Å². The van der Waals surface area contributed by atoms with Crippen LogP contribution in [0.5, 0.6) is 0 Å². The molecule has 1 aromatic heterocycles. The third-order valence-electron chi connectivity index (χ3n) is 2.95. The molecule has 2 rings (SSSR count). The fourth-order valence-corrected chi connectivity index (χ4v) is 1.95. The van der Waals surface area contributed by atoms with Crippen LogP contribution < -0.4 is 5.32 Å². The maximum Gasteiger partial charge on any atom is 0.169 e. The summed E-state index contributed by atoms with van der Waals surface area (Å²) in [5.74, 6) is -0.275. The molecule has 1 atom stereocenters. The molecule has 2 aromatic rings. The van der Waals surface area contributed by atoms with Gasteiger partial charge in [0.25, 0.3) is 0 Å². The highest BCUT2D eigenvalue weighted by Gasteiger charge is 2.09. The Morgan fingerprint density at radius 2 is 2.25 bits per heavy atom. The van der Waals surface area contributed by atoms with E-state index >= 15 is 0 Å². The summed E-state index contributed by atoms with van der Waals surface area (Å²) in [5.41, 5.74) is 1.36. The van der Waals surface area contributed by atoms with Gasteiger partial charge in [0.05, 0.1) is 6.26 Å². The first-order chi connectivity index (χ1) is 7.74. The van der Waals surface area contributed by atoms with Gasteiger partial charge in [0.2, 0.25) is 0 Å². The zero-order chi connectivity index (χ0) is 11.5. The molecule has 0 saturated heterocycles. The van der Waals surface area contributed by atoms with E-state index in [9.17, 15) is 4.39 Å². The lowest BCUT2D eigenvalue weighted by Crippen LogP contribution is -2.26. The average Bonchev–Trinajstić information content (AvgIpc) is 2.74. The molecule has 0 unspecified atom stereocenters. The van der Waals surface area contributed by atoms with E-state index in [-0.39, 0.29) is 5.82 Å². The van der Waals surface area contributed by atoms with Crippen LogP contribution in [0.1, 0.15) is 18.9 Å². The van der Waals surface area contributed by atoms with E-state index in [1.807, 2.05) is 13.1 Å². The van der Waals surface area contributed by atoms with Gasteiger partial charge >= 0.3 is 0 Å². The first-order valence-electron chi connectivity index (χ1n) is 5.57. The second kappa shape index (κ2) is 4.66. The Kier molecular flexibility index (Phi) is 3.25. The van der Waals surface area contributed by atoms with Gasteiger partial charge in [-0.05, 0) is 43.7 Å². The predicted octanol–water partition coefficient (Wildman–Crippen LogP) is 3.11. The van der Waals surface area contributed by atoms with E-state index in [0.717, 1.165) is 23.8 Å². The molecule has 1 aromatic carbocycles. The largest absolute Gasteiger partial charge is 0.461 e. The topological polar surface area (TPSA) is 25.2 Å². The average molecular weight is 221 g/mol. The maximum absolute atomic E-state index is 13.6. The van der Waals surface area contributed by atoms with Crippen LogP contribution in [-0.2, 0) is 6.42 Å². The fourth-order valence-electron chi connectivity index (χ4n) is 1.95. The maximum atomic E-state index is 13.6. The molecule has 0 aliphatic heterocycles. The van der Waals surface area contributed by atoms with Crippen molar-refractivity contribution in [2.24, 2.45) is 0 Å². The van der Waals surface area contributed by atoms with Gasteiger partial charge < -0.3 is 9.73 Å². The number of likely N-dealkylation sites (N-methyl/N-ethyl adjacent to an activating group) is 1. The molecule has 1 heterocycles. The van der Waals surface area contributed by atoms with Gasteiger partial charge in [-0.15, -0.1) is 0 Å². The van der Waals surface area contributed by atoms with Crippen molar-refractivity contribution >= 4 is 11.0 Å². The Balaban J connectivity index is 2.30. The lowest BCUT2D eigenvalue weighted by Gasteiger charge is -2.13. The first kappa shape index (κ1) is 11.1. The van der Waals surface area contributed by atoms with Crippen molar-refractivity contribution in [2.75, 3.05) is 7.05 Å². The Morgan fingerprint density at radius 3 is 2.94 bits per heavy atom. The Labute approximate surface area is 94.4 Å². The van der Waals surface area contributed by atoms with E-state index < -0.39 is 0 Å². The third kappa shape index (κ3) is 2.09. The molecule has 0 radical (unpaired) electrons. The predicted molar refractivity (Wildman–Crippen MR) is 63.0 cm³/mol. The molecule has 0 saturated carbocycles. The van der Waals surface area contributed by atoms with Gasteiger partial charge in [-0.1, -0.05) is 6.92 Å². The van der Waals surface area contributed by atoms with Crippen LogP contribution in [0.15, 0.2) is 28.9 Å². The second-order valence-electron chi connectivity index (χ2n) is 4.01. The molecular weight excluding hydrogens is 205 g/mol. The van der Waals surface area contributed by atoms with Crippen LogP contribution in [-0.4, -0.2) is 13.1 Å². The zero-order valence-electron chi connectivity index (χ0n) is 9.59. The van der Waals surface area contributed by atoms with Crippen molar-refractivity contribution in [1.82, 2.24) is 5.32 Å². The van der Waals surface area contributed by atoms with Crippen molar-refractivity contribution in [3.05, 3.63) is 35.8 Å². The lowest BCUT2D eigenvalue weighted by atomic mass is 10.0. The Hall–Kier alpha value is -1.35. The van der Waals surface area contributed by atoms with Gasteiger partial charge in [-0.2, -0.15) is 0 Å². The van der Waals surface area contributed by atoms with E-state index in [4.69, 9.17) is 4.42 Å². The first-order valence-corrected chi connectivity index (χ1v) is 5.57. The molecule has 2 nitrogen and oxygen atoms in total. The summed E-state index contributed by atoms with van der Waals surface area (Å²) < 4.78 is 18.7. The molecule has 0 amide bonds. The minimum absolute atomic E-state index is 0.275. The van der Waals surface area contributed by atoms with Crippen LogP contribution >= 0.6 is 0 Å². The van der Waals surface area contributed by atoms with E-state index in [1.54, 1.807) is 12.1 Å². The molecule has 16 heavy (non-hydrogen) atoms. The molecule has 0 aliphatic carbocycles. The van der Waals surface area contributed by atoms with Crippen LogP contribution in [0.25, 0.3) is 11.0 Å². The molecule has 0 spiro atoms. The minimum Gasteiger partial charge on any atom is -0.461 e. The number of benzene rings is 1. The van der Waals surface area contributed by atoms with Crippen LogP contribution in [0.3, 0.4) is 0 Å². The summed E-state index contributed by atoms with van der Waals surface area (Å²) in [6, 6.07) is 5.74. The molecule has 86 valence electrons. The quantitative estimate of drug-likeness (QED) is 0.858. The van der Waals surface area contributed by atoms with E-state index in [2.05, 4.69) is 12.2 Å². The van der Waals surface area contributed by atoms with E-state index in [0.29, 0.717) is 11.6 Å². The SMILES string of the molecule is CC[C@@H](Cc1cc(F)c2occc2c1)NC. The summed E-state index contributed by atoms with van der Waals surface area (Å²) in [7, 11) is 1.93. The molecule has 3 heteroatoms. The number of nitrogens with one attached hydrogen (secondary N) is 1. The molecule has 0 fully saturated rings. The van der Waals surface area contributed by atoms with Gasteiger partial charge in [0.15, 0.2) is 11.4 Å². The smallest absolute Gasteiger partial charge is 0.169 e. The third-order valence-corrected chi connectivity index (χ3v) is 2.95. The van der Waals surface area contributed by atoms with Crippen molar-refractivity contribution < 1.29 is 8.81 Å². The Bertz CT molecular complexity index is 474. The van der Waals surface area contributed by atoms with Gasteiger partial charge in [0.1, 0.15) is 0 Å². The highest BCUT2D eigenvalue weighted by atomic mass is 19.1. The molecule has 1 N–H and O–H groups in total. The van der Waals surface area contributed by atoms with Gasteiger partial charge in [-0.3, -0.25) is 0 Å². The van der Waals surface area contributed by atoms with Crippen molar-refractivity contribution in [3.63, 3.8) is 0 Å². The van der Waals surface area contributed by atoms with Crippen LogP contribution in [0.2, 0.25) is 0 Å². The van der Waals surface area contributed by atoms with Crippen LogP contribution in [0.4, 0.5) is 4.39 Å². The number of halogens is 1. The van der Waals surface area contributed by atoms with Crippen molar-refractivity contribution in [3.8, 4) is 0 Å². The molecule has 0 bridgehead atoms. The highest BCUT2D eigenvalue weighted by molar-refractivity contribution is 5.78. The summed E-state index contributed by atoms with van der Waals surface area (Å²) in [5, 5.41) is 4.05. The fraction of sp³-hybridized carbons (Fsp3) is 0.385. The minimum atomic E-state index is -0.275. The molecular formula is C13H16FNO. The number of hydrogen-bond acceptors (Lipinski definition) is 2. The molecule has 0 aliphatic rings.